The molecule has 1 aliphatic rings. The van der Waals surface area contributed by atoms with Crippen LogP contribution in [0.25, 0.3) is 0 Å². The second-order valence-corrected chi connectivity index (χ2v) is 7.64. The molecule has 1 heterocycles. The lowest BCUT2D eigenvalue weighted by Crippen LogP contribution is -2.40. The Morgan fingerprint density at radius 2 is 2.00 bits per heavy atom. The summed E-state index contributed by atoms with van der Waals surface area (Å²) in [5.41, 5.74) is 4.84. The van der Waals surface area contributed by atoms with E-state index in [-0.39, 0.29) is 17.9 Å². The molecule has 2 amide bonds. The summed E-state index contributed by atoms with van der Waals surface area (Å²) in [6.07, 6.45) is 0.0284. The van der Waals surface area contributed by atoms with Gasteiger partial charge in [0.2, 0.25) is 5.91 Å². The zero-order chi connectivity index (χ0) is 19.3. The first-order valence-corrected chi connectivity index (χ1v) is 8.84. The van der Waals surface area contributed by atoms with E-state index in [0.717, 1.165) is 17.0 Å². The SMILES string of the molecule is CC(CNc1ccc(C2=NNC(=O)CC2C)cc1)NC(=O)OC(C)(C)C. The molecule has 0 bridgehead atoms. The number of alkyl carbamates (subject to hydrolysis) is 1. The van der Waals surface area contributed by atoms with Gasteiger partial charge in [-0.2, -0.15) is 5.10 Å². The number of hydrogen-bond acceptors (Lipinski definition) is 5. The minimum absolute atomic E-state index is 0.0500. The third-order valence-electron chi connectivity index (χ3n) is 3.82. The number of nitrogens with one attached hydrogen (secondary N) is 3. The topological polar surface area (TPSA) is 91.8 Å². The number of hydrazone groups is 1. The van der Waals surface area contributed by atoms with Gasteiger partial charge in [-0.25, -0.2) is 10.2 Å². The lowest BCUT2D eigenvalue weighted by Gasteiger charge is -2.22. The highest BCUT2D eigenvalue weighted by Crippen LogP contribution is 2.18. The van der Waals surface area contributed by atoms with Crippen molar-refractivity contribution in [2.45, 2.75) is 52.7 Å². The maximum atomic E-state index is 11.7. The number of rotatable bonds is 5. The number of carbonyl (C=O) groups excluding carboxylic acids is 2. The van der Waals surface area contributed by atoms with Gasteiger partial charge in [0.1, 0.15) is 5.60 Å². The summed E-state index contributed by atoms with van der Waals surface area (Å²) in [4.78, 5) is 23.1. The van der Waals surface area contributed by atoms with Crippen LogP contribution in [0.2, 0.25) is 0 Å². The van der Waals surface area contributed by atoms with Crippen molar-refractivity contribution in [3.63, 3.8) is 0 Å². The molecule has 0 saturated carbocycles. The molecule has 2 atom stereocenters. The van der Waals surface area contributed by atoms with Crippen LogP contribution in [0, 0.1) is 5.92 Å². The van der Waals surface area contributed by atoms with Crippen molar-refractivity contribution >= 4 is 23.4 Å². The molecule has 142 valence electrons. The van der Waals surface area contributed by atoms with Crippen LogP contribution in [0.4, 0.5) is 10.5 Å². The summed E-state index contributed by atoms with van der Waals surface area (Å²) in [6.45, 7) is 9.98. The third kappa shape index (κ3) is 6.06. The first-order valence-electron chi connectivity index (χ1n) is 8.84. The van der Waals surface area contributed by atoms with Crippen molar-refractivity contribution in [1.29, 1.82) is 0 Å². The predicted molar refractivity (Wildman–Crippen MR) is 102 cm³/mol. The molecule has 2 rings (SSSR count). The summed E-state index contributed by atoms with van der Waals surface area (Å²) < 4.78 is 5.24. The van der Waals surface area contributed by atoms with E-state index < -0.39 is 11.7 Å². The molecule has 7 nitrogen and oxygen atoms in total. The Bertz CT molecular complexity index is 677. The smallest absolute Gasteiger partial charge is 0.407 e. The fourth-order valence-electron chi connectivity index (χ4n) is 2.59. The number of carbonyl (C=O) groups is 2. The van der Waals surface area contributed by atoms with Crippen LogP contribution < -0.4 is 16.1 Å². The van der Waals surface area contributed by atoms with Gasteiger partial charge in [0.05, 0.1) is 5.71 Å². The molecule has 0 saturated heterocycles. The Morgan fingerprint density at radius 3 is 2.58 bits per heavy atom. The maximum absolute atomic E-state index is 11.7. The van der Waals surface area contributed by atoms with Gasteiger partial charge in [0.25, 0.3) is 0 Å². The fourth-order valence-corrected chi connectivity index (χ4v) is 2.59. The van der Waals surface area contributed by atoms with E-state index in [1.807, 2.05) is 58.9 Å². The number of ether oxygens (including phenoxy) is 1. The Morgan fingerprint density at radius 1 is 1.35 bits per heavy atom. The van der Waals surface area contributed by atoms with E-state index in [2.05, 4.69) is 21.2 Å². The Hall–Kier alpha value is -2.57. The summed E-state index contributed by atoms with van der Waals surface area (Å²) in [6, 6.07) is 7.78. The highest BCUT2D eigenvalue weighted by molar-refractivity contribution is 6.05. The first-order chi connectivity index (χ1) is 12.1. The molecule has 0 aliphatic carbocycles. The van der Waals surface area contributed by atoms with Crippen molar-refractivity contribution in [1.82, 2.24) is 10.7 Å². The predicted octanol–water partition coefficient (Wildman–Crippen LogP) is 2.87. The second kappa shape index (κ2) is 8.21. The molecule has 0 aromatic heterocycles. The fraction of sp³-hybridized carbons (Fsp3) is 0.526. The van der Waals surface area contributed by atoms with Crippen LogP contribution >= 0.6 is 0 Å². The van der Waals surface area contributed by atoms with Crippen LogP contribution in [-0.4, -0.2) is 35.9 Å². The lowest BCUT2D eigenvalue weighted by molar-refractivity contribution is -0.121. The molecule has 1 aromatic carbocycles. The summed E-state index contributed by atoms with van der Waals surface area (Å²) in [7, 11) is 0. The van der Waals surface area contributed by atoms with Crippen LogP contribution in [0.3, 0.4) is 0 Å². The molecule has 0 radical (unpaired) electrons. The first kappa shape index (κ1) is 19.8. The van der Waals surface area contributed by atoms with Gasteiger partial charge in [-0.05, 0) is 45.4 Å². The molecule has 2 unspecified atom stereocenters. The monoisotopic (exact) mass is 360 g/mol. The second-order valence-electron chi connectivity index (χ2n) is 7.64. The molecular weight excluding hydrogens is 332 g/mol. The third-order valence-corrected chi connectivity index (χ3v) is 3.82. The summed E-state index contributed by atoms with van der Waals surface area (Å²) >= 11 is 0. The highest BCUT2D eigenvalue weighted by atomic mass is 16.6. The average Bonchev–Trinajstić information content (AvgIpc) is 2.52. The van der Waals surface area contributed by atoms with Crippen LogP contribution in [0.15, 0.2) is 29.4 Å². The molecular formula is C19H28N4O3. The zero-order valence-electron chi connectivity index (χ0n) is 16.1. The molecule has 1 aromatic rings. The van der Waals surface area contributed by atoms with Crippen molar-refractivity contribution in [2.75, 3.05) is 11.9 Å². The van der Waals surface area contributed by atoms with Gasteiger partial charge in [-0.15, -0.1) is 0 Å². The molecule has 3 N–H and O–H groups in total. The van der Waals surface area contributed by atoms with Gasteiger partial charge >= 0.3 is 6.09 Å². The van der Waals surface area contributed by atoms with E-state index in [9.17, 15) is 9.59 Å². The normalized spacial score (nSPS) is 18.4. The molecule has 26 heavy (non-hydrogen) atoms. The van der Waals surface area contributed by atoms with Crippen LogP contribution in [-0.2, 0) is 9.53 Å². The van der Waals surface area contributed by atoms with Crippen molar-refractivity contribution in [3.05, 3.63) is 29.8 Å². The zero-order valence-corrected chi connectivity index (χ0v) is 16.1. The number of benzene rings is 1. The molecule has 0 spiro atoms. The van der Waals surface area contributed by atoms with Crippen LogP contribution in [0.5, 0.6) is 0 Å². The van der Waals surface area contributed by atoms with Gasteiger partial charge in [0, 0.05) is 30.6 Å². The van der Waals surface area contributed by atoms with E-state index in [1.54, 1.807) is 0 Å². The average molecular weight is 360 g/mol. The van der Waals surface area contributed by atoms with E-state index in [1.165, 1.54) is 0 Å². The molecule has 0 fully saturated rings. The van der Waals surface area contributed by atoms with Crippen molar-refractivity contribution in [3.8, 4) is 0 Å². The molecule has 1 aliphatic heterocycles. The number of nitrogens with zero attached hydrogens (tertiary/aromatic N) is 1. The largest absolute Gasteiger partial charge is 0.444 e. The minimum atomic E-state index is -0.508. The highest BCUT2D eigenvalue weighted by Gasteiger charge is 2.21. The Kier molecular flexibility index (Phi) is 6.23. The summed E-state index contributed by atoms with van der Waals surface area (Å²) in [5, 5.41) is 10.2. The van der Waals surface area contributed by atoms with Crippen LogP contribution in [0.1, 0.15) is 46.6 Å². The quantitative estimate of drug-likeness (QED) is 0.753. The lowest BCUT2D eigenvalue weighted by atomic mass is 9.94. The standard InChI is InChI=1S/C19H28N4O3/c1-12-10-16(24)22-23-17(12)14-6-8-15(9-7-14)20-11-13(2)21-18(25)26-19(3,4)5/h6-9,12-13,20H,10-11H2,1-5H3,(H,21,25)(H,22,24). The number of amides is 2. The van der Waals surface area contributed by atoms with Crippen molar-refractivity contribution in [2.24, 2.45) is 11.0 Å². The van der Waals surface area contributed by atoms with Gasteiger partial charge < -0.3 is 15.4 Å². The summed E-state index contributed by atoms with van der Waals surface area (Å²) in [5.74, 6) is 0.0478. The Balaban J connectivity index is 1.86. The van der Waals surface area contributed by atoms with E-state index in [4.69, 9.17) is 4.74 Å². The Labute approximate surface area is 154 Å². The van der Waals surface area contributed by atoms with Gasteiger partial charge in [-0.1, -0.05) is 19.1 Å². The van der Waals surface area contributed by atoms with E-state index in [0.29, 0.717) is 13.0 Å². The number of hydrogen-bond donors (Lipinski definition) is 3. The number of anilines is 1. The van der Waals surface area contributed by atoms with Gasteiger partial charge in [-0.3, -0.25) is 4.79 Å². The van der Waals surface area contributed by atoms with Gasteiger partial charge in [0.15, 0.2) is 0 Å². The minimum Gasteiger partial charge on any atom is -0.444 e. The maximum Gasteiger partial charge on any atom is 0.407 e. The molecule has 7 heteroatoms. The van der Waals surface area contributed by atoms with Crippen molar-refractivity contribution < 1.29 is 14.3 Å². The van der Waals surface area contributed by atoms with E-state index >= 15 is 0 Å².